The highest BCUT2D eigenvalue weighted by Gasteiger charge is 2.44. The van der Waals surface area contributed by atoms with Crippen LogP contribution < -0.4 is 5.32 Å². The number of nitrogens with one attached hydrogen (secondary N) is 1. The number of hydrogen-bond acceptors (Lipinski definition) is 8. The second kappa shape index (κ2) is 46.1. The van der Waals surface area contributed by atoms with E-state index in [0.29, 0.717) is 6.42 Å². The number of hydrogen-bond donors (Lipinski definition) is 6. The van der Waals surface area contributed by atoms with E-state index in [1.165, 1.54) is 116 Å². The average Bonchev–Trinajstić information content (AvgIpc) is 3.32. The number of ether oxygens (including phenoxy) is 2. The molecule has 0 aliphatic carbocycles. The predicted molar refractivity (Wildman–Crippen MR) is 276 cm³/mol. The molecule has 1 aliphatic rings. The summed E-state index contributed by atoms with van der Waals surface area (Å²) in [5.41, 5.74) is 0. The van der Waals surface area contributed by atoms with Crippen molar-refractivity contribution in [2.45, 2.75) is 256 Å². The van der Waals surface area contributed by atoms with Gasteiger partial charge in [0.15, 0.2) is 6.29 Å². The Hall–Kier alpha value is -2.63. The van der Waals surface area contributed by atoms with E-state index < -0.39 is 49.5 Å². The van der Waals surface area contributed by atoms with Gasteiger partial charge in [0.1, 0.15) is 24.4 Å². The summed E-state index contributed by atoms with van der Waals surface area (Å²) in [5, 5.41) is 54.3. The maximum Gasteiger partial charge on any atom is 0.220 e. The van der Waals surface area contributed by atoms with Crippen LogP contribution >= 0.6 is 0 Å². The van der Waals surface area contributed by atoms with Crippen LogP contribution in [0.3, 0.4) is 0 Å². The van der Waals surface area contributed by atoms with Gasteiger partial charge in [-0.1, -0.05) is 221 Å². The molecule has 0 aromatic rings. The number of aliphatic hydroxyl groups excluding tert-OH is 5. The number of rotatable bonds is 44. The van der Waals surface area contributed by atoms with E-state index in [9.17, 15) is 30.3 Å². The van der Waals surface area contributed by atoms with Crippen molar-refractivity contribution in [3.8, 4) is 0 Å². The molecule has 0 saturated carbocycles. The van der Waals surface area contributed by atoms with Crippen LogP contribution in [-0.4, -0.2) is 87.5 Å². The SMILES string of the molecule is CC/C=C\C/C=C\C/C=C\C/C=C\C/C=C\C/C=C\CCCCCCCCCCCCCCC(=O)NC(COC1OC(CO)C(O)C(O)C1O)C(O)/C=C/CCCCCCCCCCCC. The Kier molecular flexibility index (Phi) is 42.9. The van der Waals surface area contributed by atoms with Gasteiger partial charge in [0.2, 0.25) is 5.91 Å². The minimum absolute atomic E-state index is 0.183. The third-order valence-electron chi connectivity index (χ3n) is 12.2. The second-order valence-electron chi connectivity index (χ2n) is 18.3. The molecule has 1 amide bonds. The Balaban J connectivity index is 2.18. The summed E-state index contributed by atoms with van der Waals surface area (Å²) in [4.78, 5) is 13.0. The lowest BCUT2D eigenvalue weighted by Crippen LogP contribution is -2.60. The molecule has 1 saturated heterocycles. The Morgan fingerprint density at radius 2 is 0.939 bits per heavy atom. The lowest BCUT2D eigenvalue weighted by Gasteiger charge is -2.40. The highest BCUT2D eigenvalue weighted by atomic mass is 16.7. The van der Waals surface area contributed by atoms with Crippen LogP contribution in [0.4, 0.5) is 0 Å². The Bertz CT molecular complexity index is 1300. The molecule has 1 heterocycles. The van der Waals surface area contributed by atoms with Crippen molar-refractivity contribution in [1.29, 1.82) is 0 Å². The zero-order valence-electron chi connectivity index (χ0n) is 41.9. The number of aliphatic hydroxyl groups is 5. The molecule has 0 aromatic heterocycles. The van der Waals surface area contributed by atoms with E-state index >= 15 is 0 Å². The number of amides is 1. The van der Waals surface area contributed by atoms with Crippen molar-refractivity contribution < 1.29 is 39.8 Å². The zero-order chi connectivity index (χ0) is 48.0. The van der Waals surface area contributed by atoms with Gasteiger partial charge in [0.05, 0.1) is 25.4 Å². The molecule has 7 atom stereocenters. The Morgan fingerprint density at radius 1 is 0.530 bits per heavy atom. The van der Waals surface area contributed by atoms with Crippen LogP contribution in [0.1, 0.15) is 213 Å². The normalized spacial score (nSPS) is 20.5. The summed E-state index contributed by atoms with van der Waals surface area (Å²) < 4.78 is 11.2. The lowest BCUT2D eigenvalue weighted by atomic mass is 9.99. The first-order valence-corrected chi connectivity index (χ1v) is 26.8. The van der Waals surface area contributed by atoms with Crippen molar-refractivity contribution >= 4 is 5.91 Å². The van der Waals surface area contributed by atoms with E-state index in [2.05, 4.69) is 92.1 Å². The number of allylic oxidation sites excluding steroid dienone is 13. The topological polar surface area (TPSA) is 149 Å². The molecular formula is C57H99NO8. The van der Waals surface area contributed by atoms with Crippen LogP contribution in [0.2, 0.25) is 0 Å². The summed E-state index contributed by atoms with van der Waals surface area (Å²) in [6.07, 6.45) is 57.8. The van der Waals surface area contributed by atoms with Crippen LogP contribution in [0.15, 0.2) is 85.1 Å². The van der Waals surface area contributed by atoms with Crippen molar-refractivity contribution in [2.24, 2.45) is 0 Å². The number of carbonyl (C=O) groups is 1. The molecule has 7 unspecified atom stereocenters. The smallest absolute Gasteiger partial charge is 0.220 e. The average molecular weight is 926 g/mol. The summed E-state index contributed by atoms with van der Waals surface area (Å²) in [6, 6.07) is -0.809. The first kappa shape index (κ1) is 61.4. The van der Waals surface area contributed by atoms with E-state index in [4.69, 9.17) is 9.47 Å². The molecule has 6 N–H and O–H groups in total. The van der Waals surface area contributed by atoms with E-state index in [1.54, 1.807) is 6.08 Å². The minimum Gasteiger partial charge on any atom is -0.394 e. The molecule has 66 heavy (non-hydrogen) atoms. The molecule has 380 valence electrons. The molecule has 0 bridgehead atoms. The fourth-order valence-electron chi connectivity index (χ4n) is 7.98. The molecule has 9 heteroatoms. The molecule has 0 spiro atoms. The monoisotopic (exact) mass is 926 g/mol. The molecule has 9 nitrogen and oxygen atoms in total. The van der Waals surface area contributed by atoms with Crippen LogP contribution in [-0.2, 0) is 14.3 Å². The van der Waals surface area contributed by atoms with Crippen LogP contribution in [0.5, 0.6) is 0 Å². The largest absolute Gasteiger partial charge is 0.394 e. The van der Waals surface area contributed by atoms with Crippen LogP contribution in [0, 0.1) is 0 Å². The van der Waals surface area contributed by atoms with Gasteiger partial charge in [-0.15, -0.1) is 0 Å². The predicted octanol–water partition coefficient (Wildman–Crippen LogP) is 12.7. The van der Waals surface area contributed by atoms with Gasteiger partial charge in [-0.25, -0.2) is 0 Å². The van der Waals surface area contributed by atoms with Gasteiger partial charge >= 0.3 is 0 Å². The summed E-state index contributed by atoms with van der Waals surface area (Å²) in [7, 11) is 0. The minimum atomic E-state index is -1.57. The molecular weight excluding hydrogens is 827 g/mol. The second-order valence-corrected chi connectivity index (χ2v) is 18.3. The fraction of sp³-hybridized carbons (Fsp3) is 0.737. The molecule has 1 fully saturated rings. The molecule has 0 radical (unpaired) electrons. The van der Waals surface area contributed by atoms with E-state index in [-0.39, 0.29) is 12.5 Å². The van der Waals surface area contributed by atoms with Crippen LogP contribution in [0.25, 0.3) is 0 Å². The summed E-state index contributed by atoms with van der Waals surface area (Å²) in [6.45, 7) is 3.64. The van der Waals surface area contributed by atoms with E-state index in [1.807, 2.05) is 6.08 Å². The van der Waals surface area contributed by atoms with Crippen molar-refractivity contribution in [1.82, 2.24) is 5.32 Å². The highest BCUT2D eigenvalue weighted by Crippen LogP contribution is 2.23. The quantitative estimate of drug-likeness (QED) is 0.0261. The maximum atomic E-state index is 13.0. The van der Waals surface area contributed by atoms with Gasteiger partial charge in [-0.2, -0.15) is 0 Å². The summed E-state index contributed by atoms with van der Waals surface area (Å²) >= 11 is 0. The Morgan fingerprint density at radius 3 is 1.39 bits per heavy atom. The molecule has 1 rings (SSSR count). The van der Waals surface area contributed by atoms with Gasteiger partial charge in [0, 0.05) is 6.42 Å². The molecule has 0 aromatic carbocycles. The number of carbonyl (C=O) groups excluding carboxylic acids is 1. The van der Waals surface area contributed by atoms with Gasteiger partial charge < -0.3 is 40.3 Å². The maximum absolute atomic E-state index is 13.0. The summed E-state index contributed by atoms with van der Waals surface area (Å²) in [5.74, 6) is -0.183. The van der Waals surface area contributed by atoms with E-state index in [0.717, 1.165) is 77.0 Å². The third kappa shape index (κ3) is 35.5. The van der Waals surface area contributed by atoms with Gasteiger partial charge in [-0.05, 0) is 70.6 Å². The molecule has 1 aliphatic heterocycles. The number of unbranched alkanes of at least 4 members (excludes halogenated alkanes) is 22. The Labute approximate surface area is 403 Å². The standard InChI is InChI=1S/C57H99NO8/c1-3-5-7-9-11-13-15-17-18-19-20-21-22-23-24-25-26-27-28-29-30-31-32-33-34-35-37-39-41-43-45-47-53(61)58-50(49-65-57-56(64)55(63)54(62)52(48-59)66-57)51(60)46-44-42-40-38-36-16-14-12-10-8-6-4-2/h5,7,11,13,17-18,20-21,23-24,26-27,44,46,50-52,54-57,59-60,62-64H,3-4,6,8-10,12,14-16,19,22,25,28-43,45,47-49H2,1-2H3,(H,58,61)/b7-5-,13-11-,18-17-,21-20-,24-23-,27-26-,46-44+. The fourth-order valence-corrected chi connectivity index (χ4v) is 7.98. The zero-order valence-corrected chi connectivity index (χ0v) is 41.9. The first-order valence-electron chi connectivity index (χ1n) is 26.8. The van der Waals surface area contributed by atoms with Gasteiger partial charge in [-0.3, -0.25) is 4.79 Å². The van der Waals surface area contributed by atoms with Crippen molar-refractivity contribution in [3.05, 3.63) is 85.1 Å². The first-order chi connectivity index (χ1) is 32.3. The third-order valence-corrected chi connectivity index (χ3v) is 12.2. The lowest BCUT2D eigenvalue weighted by molar-refractivity contribution is -0.302. The highest BCUT2D eigenvalue weighted by molar-refractivity contribution is 5.76. The van der Waals surface area contributed by atoms with Gasteiger partial charge in [0.25, 0.3) is 0 Å². The van der Waals surface area contributed by atoms with Crippen molar-refractivity contribution in [3.63, 3.8) is 0 Å². The van der Waals surface area contributed by atoms with Crippen molar-refractivity contribution in [2.75, 3.05) is 13.2 Å².